The van der Waals surface area contributed by atoms with Crippen molar-refractivity contribution in [3.8, 4) is 0 Å². The summed E-state index contributed by atoms with van der Waals surface area (Å²) in [6, 6.07) is 44.0. The van der Waals surface area contributed by atoms with Gasteiger partial charge in [0.1, 0.15) is 0 Å². The molecule has 2 heteroatoms. The summed E-state index contributed by atoms with van der Waals surface area (Å²) < 4.78 is 0. The van der Waals surface area contributed by atoms with Crippen molar-refractivity contribution in [1.29, 1.82) is 0 Å². The van der Waals surface area contributed by atoms with Crippen molar-refractivity contribution >= 4 is 46.6 Å². The first-order valence-electron chi connectivity index (χ1n) is 10.2. The Labute approximate surface area is 179 Å². The summed E-state index contributed by atoms with van der Waals surface area (Å²) >= 11 is 0. The maximum Gasteiger partial charge on any atom is -0.0166 e. The molecule has 0 unspecified atom stereocenters. The van der Waals surface area contributed by atoms with Crippen LogP contribution >= 0.6 is 13.8 Å². The first-order chi connectivity index (χ1) is 14.8. The number of hydrogen-bond acceptors (Lipinski definition) is 0. The van der Waals surface area contributed by atoms with Crippen LogP contribution in [0.4, 0.5) is 0 Å². The molecular weight excluding hydrogens is 398 g/mol. The molecule has 0 fully saturated rings. The Hall–Kier alpha value is -2.78. The van der Waals surface area contributed by atoms with Crippen LogP contribution in [0.1, 0.15) is 0 Å². The van der Waals surface area contributed by atoms with Crippen LogP contribution in [0.3, 0.4) is 0 Å². The molecule has 5 rings (SSSR count). The van der Waals surface area contributed by atoms with Gasteiger partial charge >= 0.3 is 0 Å². The third-order valence-corrected chi connectivity index (χ3v) is 13.4. The Morgan fingerprint density at radius 3 is 0.733 bits per heavy atom. The Kier molecular flexibility index (Phi) is 5.22. The van der Waals surface area contributed by atoms with Crippen LogP contribution in [-0.4, -0.2) is 11.6 Å². The summed E-state index contributed by atoms with van der Waals surface area (Å²) in [7, 11) is 0. The number of benzene rings is 4. The second kappa shape index (κ2) is 8.16. The van der Waals surface area contributed by atoms with E-state index in [4.69, 9.17) is 0 Å². The fraction of sp³-hybridized carbons (Fsp3) is 0. The Bertz CT molecular complexity index is 1080. The van der Waals surface area contributed by atoms with Gasteiger partial charge in [-0.2, -0.15) is 0 Å². The van der Waals surface area contributed by atoms with Crippen molar-refractivity contribution in [3.05, 3.63) is 133 Å². The molecule has 4 aromatic rings. The van der Waals surface area contributed by atoms with E-state index in [9.17, 15) is 0 Å². The van der Waals surface area contributed by atoms with Crippen molar-refractivity contribution in [2.75, 3.05) is 0 Å². The normalized spacial score (nSPS) is 16.3. The molecule has 146 valence electrons. The maximum atomic E-state index is 2.55. The minimum atomic E-state index is -1.75. The molecule has 30 heavy (non-hydrogen) atoms. The predicted octanol–water partition coefficient (Wildman–Crippen LogP) is 5.41. The van der Waals surface area contributed by atoms with E-state index in [-0.39, 0.29) is 0 Å². The van der Waals surface area contributed by atoms with Gasteiger partial charge in [0, 0.05) is 0 Å². The van der Waals surface area contributed by atoms with Crippen LogP contribution in [0.15, 0.2) is 133 Å². The van der Waals surface area contributed by atoms with Gasteiger partial charge in [-0.25, -0.2) is 0 Å². The van der Waals surface area contributed by atoms with E-state index in [2.05, 4.69) is 145 Å². The van der Waals surface area contributed by atoms with E-state index in [0.29, 0.717) is 0 Å². The van der Waals surface area contributed by atoms with E-state index < -0.39 is 13.8 Å². The molecule has 0 bridgehead atoms. The van der Waals surface area contributed by atoms with Gasteiger partial charge in [0.15, 0.2) is 0 Å². The first-order valence-corrected chi connectivity index (χ1v) is 14.1. The third-order valence-electron chi connectivity index (χ3n) is 5.81. The van der Waals surface area contributed by atoms with E-state index in [1.54, 1.807) is 0 Å². The standard InChI is InChI=1S/C28H24P2/c1-5-13-25(14-6-1)29(26-15-7-2-8-16-26)21-23-30(24-22-29,27-17-9-3-10-18-27)28-19-11-4-12-20-28/h1-24H. The topological polar surface area (TPSA) is 0 Å². The quantitative estimate of drug-likeness (QED) is 0.386. The fourth-order valence-electron chi connectivity index (χ4n) is 4.21. The maximum absolute atomic E-state index is 2.55. The van der Waals surface area contributed by atoms with Gasteiger partial charge in [-0.3, -0.25) is 0 Å². The van der Waals surface area contributed by atoms with Crippen LogP contribution < -0.4 is 21.2 Å². The van der Waals surface area contributed by atoms with Gasteiger partial charge in [0.05, 0.1) is 0 Å². The summed E-state index contributed by atoms with van der Waals surface area (Å²) in [6.45, 7) is -3.50. The van der Waals surface area contributed by atoms with Gasteiger partial charge in [0.25, 0.3) is 0 Å². The number of rotatable bonds is 4. The minimum Gasteiger partial charge on any atom is -0.0622 e. The van der Waals surface area contributed by atoms with Crippen molar-refractivity contribution in [3.63, 3.8) is 0 Å². The molecule has 0 nitrogen and oxygen atoms in total. The largest absolute Gasteiger partial charge is 0.0622 e. The highest BCUT2D eigenvalue weighted by Gasteiger charge is 2.27. The van der Waals surface area contributed by atoms with Gasteiger partial charge in [-0.05, 0) is 35.0 Å². The van der Waals surface area contributed by atoms with Crippen molar-refractivity contribution in [2.45, 2.75) is 0 Å². The van der Waals surface area contributed by atoms with E-state index >= 15 is 0 Å². The summed E-state index contributed by atoms with van der Waals surface area (Å²) in [5.74, 6) is 10.2. The molecule has 0 saturated carbocycles. The van der Waals surface area contributed by atoms with Crippen molar-refractivity contribution < 1.29 is 0 Å². The molecule has 0 radical (unpaired) electrons. The molecule has 0 N–H and O–H groups in total. The van der Waals surface area contributed by atoms with E-state index in [0.717, 1.165) is 0 Å². The van der Waals surface area contributed by atoms with Gasteiger partial charge in [-0.1, -0.05) is 145 Å². The van der Waals surface area contributed by atoms with E-state index in [1.807, 2.05) is 0 Å². The average molecular weight is 422 g/mol. The highest BCUT2D eigenvalue weighted by atomic mass is 31.2. The summed E-state index contributed by atoms with van der Waals surface area (Å²) in [5, 5.41) is 5.62. The van der Waals surface area contributed by atoms with Crippen LogP contribution in [0, 0.1) is 0 Å². The molecule has 0 spiro atoms. The lowest BCUT2D eigenvalue weighted by Gasteiger charge is -2.32. The molecule has 0 atom stereocenters. The summed E-state index contributed by atoms with van der Waals surface area (Å²) in [5.41, 5.74) is 0. The molecule has 0 amide bonds. The molecular formula is C28H24P2. The van der Waals surface area contributed by atoms with Crippen LogP contribution in [0.2, 0.25) is 0 Å². The van der Waals surface area contributed by atoms with Gasteiger partial charge in [-0.15, -0.1) is 0 Å². The molecule has 0 aliphatic carbocycles. The minimum absolute atomic E-state index is 1.41. The second-order valence-corrected chi connectivity index (χ2v) is 13.9. The summed E-state index contributed by atoms with van der Waals surface area (Å²) in [4.78, 5) is 0. The molecule has 0 saturated heterocycles. The summed E-state index contributed by atoms with van der Waals surface area (Å²) in [6.07, 6.45) is 0. The average Bonchev–Trinajstić information content (AvgIpc) is 2.86. The Morgan fingerprint density at radius 1 is 0.300 bits per heavy atom. The lowest BCUT2D eigenvalue weighted by molar-refractivity contribution is 1.75. The first kappa shape index (κ1) is 19.2. The molecule has 0 aromatic heterocycles. The highest BCUT2D eigenvalue weighted by molar-refractivity contribution is 7.99. The van der Waals surface area contributed by atoms with Crippen molar-refractivity contribution in [1.82, 2.24) is 0 Å². The Balaban J connectivity index is 1.83. The predicted molar refractivity (Wildman–Crippen MR) is 139 cm³/mol. The third kappa shape index (κ3) is 3.27. The molecule has 1 heterocycles. The molecule has 4 aromatic carbocycles. The smallest absolute Gasteiger partial charge is 0.0166 e. The van der Waals surface area contributed by atoms with Crippen LogP contribution in [0.5, 0.6) is 0 Å². The SMILES string of the molecule is C1=CP(c2ccccc2)(c2ccccc2)=CC=P1(c1ccccc1)c1ccccc1. The van der Waals surface area contributed by atoms with Gasteiger partial charge in [0.2, 0.25) is 0 Å². The monoisotopic (exact) mass is 422 g/mol. The molecule has 1 aliphatic heterocycles. The zero-order chi connectivity index (χ0) is 20.3. The second-order valence-electron chi connectivity index (χ2n) is 7.49. The molecule has 1 aliphatic rings. The highest BCUT2D eigenvalue weighted by Crippen LogP contribution is 2.56. The lowest BCUT2D eigenvalue weighted by atomic mass is 10.4. The zero-order valence-corrected chi connectivity index (χ0v) is 18.5. The Morgan fingerprint density at radius 2 is 0.533 bits per heavy atom. The fourth-order valence-corrected chi connectivity index (χ4v) is 12.4. The zero-order valence-electron chi connectivity index (χ0n) is 16.8. The van der Waals surface area contributed by atoms with E-state index in [1.165, 1.54) is 21.2 Å². The van der Waals surface area contributed by atoms with Gasteiger partial charge < -0.3 is 0 Å². The van der Waals surface area contributed by atoms with Crippen LogP contribution in [-0.2, 0) is 0 Å². The number of hydrogen-bond donors (Lipinski definition) is 0. The van der Waals surface area contributed by atoms with Crippen LogP contribution in [0.25, 0.3) is 0 Å². The lowest BCUT2D eigenvalue weighted by Crippen LogP contribution is -2.22. The van der Waals surface area contributed by atoms with Crippen molar-refractivity contribution in [2.24, 2.45) is 0 Å².